The summed E-state index contributed by atoms with van der Waals surface area (Å²) in [4.78, 5) is 16.7. The van der Waals surface area contributed by atoms with Gasteiger partial charge in [0.2, 0.25) is 5.91 Å². The molecule has 2 aromatic carbocycles. The van der Waals surface area contributed by atoms with Gasteiger partial charge in [0, 0.05) is 26.2 Å². The van der Waals surface area contributed by atoms with Crippen LogP contribution < -0.4 is 15.0 Å². The van der Waals surface area contributed by atoms with Crippen molar-refractivity contribution in [1.29, 1.82) is 0 Å². The Morgan fingerprint density at radius 2 is 1.71 bits per heavy atom. The Balaban J connectivity index is 1.59. The SMILES string of the molecule is C[C@@H](C(=O)Nc1ccccc1OC(F)F)N1CCN(c2ccccc2O)CC1. The molecule has 1 heterocycles. The molecule has 0 bridgehead atoms. The maximum Gasteiger partial charge on any atom is 0.387 e. The highest BCUT2D eigenvalue weighted by molar-refractivity contribution is 5.95. The molecule has 0 radical (unpaired) electrons. The average Bonchev–Trinajstić information content (AvgIpc) is 2.69. The number of phenols is 1. The second kappa shape index (κ2) is 8.88. The van der Waals surface area contributed by atoms with Gasteiger partial charge in [-0.3, -0.25) is 9.69 Å². The zero-order valence-electron chi connectivity index (χ0n) is 15.5. The number of nitrogens with one attached hydrogen (secondary N) is 1. The maximum absolute atomic E-state index is 12.6. The van der Waals surface area contributed by atoms with Crippen molar-refractivity contribution in [2.75, 3.05) is 36.4 Å². The minimum atomic E-state index is -2.96. The molecule has 1 aliphatic rings. The highest BCUT2D eigenvalue weighted by Crippen LogP contribution is 2.28. The van der Waals surface area contributed by atoms with E-state index in [9.17, 15) is 18.7 Å². The highest BCUT2D eigenvalue weighted by Gasteiger charge is 2.27. The number of para-hydroxylation sites is 4. The van der Waals surface area contributed by atoms with Gasteiger partial charge in [0.25, 0.3) is 0 Å². The van der Waals surface area contributed by atoms with E-state index in [0.717, 1.165) is 5.69 Å². The molecule has 0 saturated carbocycles. The number of hydrogen-bond acceptors (Lipinski definition) is 5. The number of rotatable bonds is 6. The number of piperazine rings is 1. The van der Waals surface area contributed by atoms with Crippen LogP contribution in [0, 0.1) is 0 Å². The summed E-state index contributed by atoms with van der Waals surface area (Å²) in [6.07, 6.45) is 0. The van der Waals surface area contributed by atoms with Gasteiger partial charge in [0.15, 0.2) is 0 Å². The quantitative estimate of drug-likeness (QED) is 0.792. The van der Waals surface area contributed by atoms with Crippen molar-refractivity contribution in [3.8, 4) is 11.5 Å². The van der Waals surface area contributed by atoms with E-state index in [1.807, 2.05) is 17.0 Å². The van der Waals surface area contributed by atoms with Crippen molar-refractivity contribution < 1.29 is 23.4 Å². The van der Waals surface area contributed by atoms with Gasteiger partial charge in [-0.2, -0.15) is 8.78 Å². The fourth-order valence-electron chi connectivity index (χ4n) is 3.25. The Morgan fingerprint density at radius 3 is 2.39 bits per heavy atom. The van der Waals surface area contributed by atoms with Gasteiger partial charge in [-0.25, -0.2) is 0 Å². The maximum atomic E-state index is 12.6. The molecule has 0 spiro atoms. The lowest BCUT2D eigenvalue weighted by Crippen LogP contribution is -2.52. The predicted octanol–water partition coefficient (Wildman–Crippen LogP) is 3.14. The third kappa shape index (κ3) is 4.69. The second-order valence-electron chi connectivity index (χ2n) is 6.55. The van der Waals surface area contributed by atoms with Crippen molar-refractivity contribution >= 4 is 17.3 Å². The molecular weight excluding hydrogens is 368 g/mol. The van der Waals surface area contributed by atoms with E-state index in [2.05, 4.69) is 15.0 Å². The number of phenolic OH excluding ortho intramolecular Hbond substituents is 1. The number of carbonyl (C=O) groups excluding carboxylic acids is 1. The smallest absolute Gasteiger partial charge is 0.387 e. The molecule has 8 heteroatoms. The van der Waals surface area contributed by atoms with Gasteiger partial charge in [-0.15, -0.1) is 0 Å². The fraction of sp³-hybridized carbons (Fsp3) is 0.350. The Bertz CT molecular complexity index is 811. The molecule has 1 fully saturated rings. The van der Waals surface area contributed by atoms with Crippen LogP contribution in [0.2, 0.25) is 0 Å². The van der Waals surface area contributed by atoms with Crippen molar-refractivity contribution in [3.05, 3.63) is 48.5 Å². The molecule has 0 unspecified atom stereocenters. The number of aromatic hydroxyl groups is 1. The van der Waals surface area contributed by atoms with Crippen LogP contribution in [0.5, 0.6) is 11.5 Å². The summed E-state index contributed by atoms with van der Waals surface area (Å²) >= 11 is 0. The molecule has 150 valence electrons. The third-order valence-corrected chi connectivity index (χ3v) is 4.82. The van der Waals surface area contributed by atoms with Gasteiger partial charge in [0.1, 0.15) is 11.5 Å². The molecule has 0 aliphatic carbocycles. The standard InChI is InChI=1S/C20H23F2N3O3/c1-14(19(27)23-15-6-2-5-9-18(15)28-20(21)22)24-10-12-25(13-11-24)16-7-3-4-8-17(16)26/h2-9,14,20,26H,10-13H2,1H3,(H,23,27)/t14-/m0/s1. The van der Waals surface area contributed by atoms with Crippen molar-refractivity contribution in [3.63, 3.8) is 0 Å². The third-order valence-electron chi connectivity index (χ3n) is 4.82. The Hall–Kier alpha value is -2.87. The van der Waals surface area contributed by atoms with Gasteiger partial charge in [-0.1, -0.05) is 24.3 Å². The number of carbonyl (C=O) groups is 1. The largest absolute Gasteiger partial charge is 0.506 e. The summed E-state index contributed by atoms with van der Waals surface area (Å²) in [5.41, 5.74) is 0.991. The summed E-state index contributed by atoms with van der Waals surface area (Å²) in [6.45, 7) is 1.43. The van der Waals surface area contributed by atoms with E-state index in [1.165, 1.54) is 12.1 Å². The molecule has 1 amide bonds. The van der Waals surface area contributed by atoms with E-state index in [0.29, 0.717) is 26.2 Å². The van der Waals surface area contributed by atoms with E-state index in [4.69, 9.17) is 0 Å². The van der Waals surface area contributed by atoms with Crippen LogP contribution >= 0.6 is 0 Å². The molecule has 6 nitrogen and oxygen atoms in total. The predicted molar refractivity (Wildman–Crippen MR) is 103 cm³/mol. The first kappa shape index (κ1) is 19.9. The summed E-state index contributed by atoms with van der Waals surface area (Å²) in [6, 6.07) is 12.8. The molecule has 1 aliphatic heterocycles. The normalized spacial score (nSPS) is 16.1. The molecule has 1 saturated heterocycles. The first-order valence-electron chi connectivity index (χ1n) is 9.07. The van der Waals surface area contributed by atoms with E-state index >= 15 is 0 Å². The second-order valence-corrected chi connectivity index (χ2v) is 6.55. The molecule has 3 rings (SSSR count). The van der Waals surface area contributed by atoms with Crippen LogP contribution in [0.4, 0.5) is 20.2 Å². The number of hydrogen-bond donors (Lipinski definition) is 2. The summed E-state index contributed by atoms with van der Waals surface area (Å²) in [5.74, 6) is -0.124. The lowest BCUT2D eigenvalue weighted by Gasteiger charge is -2.38. The molecule has 2 aromatic rings. The van der Waals surface area contributed by atoms with Crippen LogP contribution in [0.1, 0.15) is 6.92 Å². The van der Waals surface area contributed by atoms with Crippen LogP contribution in [-0.2, 0) is 4.79 Å². The topological polar surface area (TPSA) is 65.0 Å². The number of alkyl halides is 2. The Kier molecular flexibility index (Phi) is 6.30. The highest BCUT2D eigenvalue weighted by atomic mass is 19.3. The number of amides is 1. The first-order chi connectivity index (χ1) is 13.5. The zero-order valence-corrected chi connectivity index (χ0v) is 15.5. The minimum absolute atomic E-state index is 0.0672. The van der Waals surface area contributed by atoms with Crippen LogP contribution in [0.15, 0.2) is 48.5 Å². The number of benzene rings is 2. The number of nitrogens with zero attached hydrogens (tertiary/aromatic N) is 2. The molecule has 1 atom stereocenters. The van der Waals surface area contributed by atoms with Crippen molar-refractivity contribution in [1.82, 2.24) is 4.90 Å². The Morgan fingerprint density at radius 1 is 1.07 bits per heavy atom. The van der Waals surface area contributed by atoms with Crippen molar-refractivity contribution in [2.24, 2.45) is 0 Å². The van der Waals surface area contributed by atoms with E-state index in [1.54, 1.807) is 31.2 Å². The van der Waals surface area contributed by atoms with Crippen LogP contribution in [0.25, 0.3) is 0 Å². The van der Waals surface area contributed by atoms with Crippen molar-refractivity contribution in [2.45, 2.75) is 19.6 Å². The number of halogens is 2. The monoisotopic (exact) mass is 391 g/mol. The molecule has 2 N–H and O–H groups in total. The lowest BCUT2D eigenvalue weighted by molar-refractivity contribution is -0.121. The Labute approximate surface area is 162 Å². The molecule has 28 heavy (non-hydrogen) atoms. The van der Waals surface area contributed by atoms with Gasteiger partial charge in [-0.05, 0) is 31.2 Å². The zero-order chi connectivity index (χ0) is 20.1. The number of anilines is 2. The lowest BCUT2D eigenvalue weighted by atomic mass is 10.2. The van der Waals surface area contributed by atoms with Crippen LogP contribution in [-0.4, -0.2) is 54.7 Å². The summed E-state index contributed by atoms with van der Waals surface area (Å²) in [7, 11) is 0. The number of ether oxygens (including phenoxy) is 1. The van der Waals surface area contributed by atoms with E-state index < -0.39 is 12.7 Å². The molecule has 0 aromatic heterocycles. The minimum Gasteiger partial charge on any atom is -0.506 e. The van der Waals surface area contributed by atoms with Gasteiger partial charge >= 0.3 is 6.61 Å². The van der Waals surface area contributed by atoms with Gasteiger partial charge in [0.05, 0.1) is 17.4 Å². The van der Waals surface area contributed by atoms with Crippen LogP contribution in [0.3, 0.4) is 0 Å². The first-order valence-corrected chi connectivity index (χ1v) is 9.07. The molecular formula is C20H23F2N3O3. The summed E-state index contributed by atoms with van der Waals surface area (Å²) in [5, 5.41) is 12.7. The summed E-state index contributed by atoms with van der Waals surface area (Å²) < 4.78 is 29.5. The van der Waals surface area contributed by atoms with Gasteiger partial charge < -0.3 is 20.1 Å². The van der Waals surface area contributed by atoms with E-state index in [-0.39, 0.29) is 23.1 Å². The fourth-order valence-corrected chi connectivity index (χ4v) is 3.25. The average molecular weight is 391 g/mol.